The van der Waals surface area contributed by atoms with E-state index in [-0.39, 0.29) is 28.1 Å². The Morgan fingerprint density at radius 2 is 1.59 bits per heavy atom. The van der Waals surface area contributed by atoms with Gasteiger partial charge in [0.15, 0.2) is 0 Å². The Balaban J connectivity index is 1.89. The van der Waals surface area contributed by atoms with Gasteiger partial charge in [0.1, 0.15) is 11.5 Å². The lowest BCUT2D eigenvalue weighted by atomic mass is 9.74. The number of carbonyl (C=O) groups excluding carboxylic acids is 2. The Kier molecular flexibility index (Phi) is 7.37. The molecule has 0 aliphatic carbocycles. The highest BCUT2D eigenvalue weighted by Crippen LogP contribution is 2.44. The second-order valence-electron chi connectivity index (χ2n) is 9.75. The molecule has 1 unspecified atom stereocenters. The summed E-state index contributed by atoms with van der Waals surface area (Å²) in [6, 6.07) is 18.9. The summed E-state index contributed by atoms with van der Waals surface area (Å²) in [4.78, 5) is 30.1. The Bertz CT molecular complexity index is 1280. The van der Waals surface area contributed by atoms with Crippen LogP contribution in [0, 0.1) is 11.3 Å². The largest absolute Gasteiger partial charge is 0.466 e. The van der Waals surface area contributed by atoms with Crippen LogP contribution in [0.2, 0.25) is 0 Å². The maximum absolute atomic E-state index is 13.2. The van der Waals surface area contributed by atoms with Crippen molar-refractivity contribution in [3.05, 3.63) is 88.4 Å². The fourth-order valence-corrected chi connectivity index (χ4v) is 5.20. The van der Waals surface area contributed by atoms with Crippen LogP contribution in [0.4, 0.5) is 5.69 Å². The quantitative estimate of drug-likeness (QED) is 0.621. The van der Waals surface area contributed by atoms with E-state index in [1.54, 1.807) is 24.3 Å². The highest BCUT2D eigenvalue weighted by atomic mass is 16.5. The van der Waals surface area contributed by atoms with Gasteiger partial charge in [-0.25, -0.2) is 9.59 Å². The Labute approximate surface area is 217 Å². The predicted molar refractivity (Wildman–Crippen MR) is 140 cm³/mol. The van der Waals surface area contributed by atoms with E-state index in [2.05, 4.69) is 24.9 Å². The molecule has 2 heterocycles. The van der Waals surface area contributed by atoms with Crippen molar-refractivity contribution >= 4 is 17.6 Å². The molecular weight excluding hydrogens is 468 g/mol. The van der Waals surface area contributed by atoms with Gasteiger partial charge in [-0.2, -0.15) is 5.26 Å². The highest BCUT2D eigenvalue weighted by Gasteiger charge is 2.43. The van der Waals surface area contributed by atoms with Gasteiger partial charge in [-0.3, -0.25) is 4.90 Å². The molecule has 0 aromatic heterocycles. The van der Waals surface area contributed by atoms with Gasteiger partial charge in [0.25, 0.3) is 0 Å². The first-order valence-corrected chi connectivity index (χ1v) is 12.2. The van der Waals surface area contributed by atoms with Crippen LogP contribution in [0.5, 0.6) is 0 Å². The minimum atomic E-state index is -0.888. The zero-order chi connectivity index (χ0) is 26.7. The predicted octanol–water partition coefficient (Wildman–Crippen LogP) is 3.57. The molecule has 0 saturated carbocycles. The van der Waals surface area contributed by atoms with E-state index in [0.717, 1.165) is 25.9 Å². The maximum Gasteiger partial charge on any atom is 0.355 e. The van der Waals surface area contributed by atoms with Gasteiger partial charge in [0.05, 0.1) is 37.4 Å². The van der Waals surface area contributed by atoms with E-state index >= 15 is 0 Å². The van der Waals surface area contributed by atoms with Crippen molar-refractivity contribution in [1.29, 1.82) is 5.26 Å². The van der Waals surface area contributed by atoms with E-state index in [9.17, 15) is 14.9 Å². The lowest BCUT2D eigenvalue weighted by Crippen LogP contribution is -2.41. The van der Waals surface area contributed by atoms with Crippen LogP contribution in [-0.2, 0) is 24.5 Å². The monoisotopic (exact) mass is 500 g/mol. The van der Waals surface area contributed by atoms with E-state index in [1.807, 2.05) is 30.3 Å². The number of piperidine rings is 1. The Morgan fingerprint density at radius 1 is 1.00 bits per heavy atom. The molecule has 4 rings (SSSR count). The summed E-state index contributed by atoms with van der Waals surface area (Å²) in [5, 5.41) is 10.2. The third-order valence-corrected chi connectivity index (χ3v) is 7.52. The molecular formula is C29H32N4O4. The second-order valence-corrected chi connectivity index (χ2v) is 9.75. The molecule has 192 valence electrons. The van der Waals surface area contributed by atoms with Crippen molar-refractivity contribution < 1.29 is 19.1 Å². The van der Waals surface area contributed by atoms with Gasteiger partial charge in [-0.05, 0) is 61.7 Å². The number of hydrogen-bond donors (Lipinski definition) is 1. The molecule has 8 nitrogen and oxygen atoms in total. The third kappa shape index (κ3) is 4.70. The van der Waals surface area contributed by atoms with Crippen LogP contribution in [0.25, 0.3) is 0 Å². The zero-order valence-corrected chi connectivity index (χ0v) is 21.7. The summed E-state index contributed by atoms with van der Waals surface area (Å²) in [5.74, 6) is -2.33. The number of rotatable bonds is 5. The number of nitrogens with two attached hydrogens (primary N) is 1. The van der Waals surface area contributed by atoms with Crippen LogP contribution >= 0.6 is 0 Å². The summed E-state index contributed by atoms with van der Waals surface area (Å²) >= 11 is 0. The number of methoxy groups -OCH3 is 2. The van der Waals surface area contributed by atoms with Crippen LogP contribution in [0.3, 0.4) is 0 Å². The molecule has 2 aromatic rings. The number of likely N-dealkylation sites (tertiary alicyclic amines) is 1. The zero-order valence-electron chi connectivity index (χ0n) is 21.7. The summed E-state index contributed by atoms with van der Waals surface area (Å²) < 4.78 is 10.2. The van der Waals surface area contributed by atoms with Crippen molar-refractivity contribution in [2.24, 2.45) is 5.73 Å². The van der Waals surface area contributed by atoms with Gasteiger partial charge in [0.2, 0.25) is 0 Å². The average molecular weight is 501 g/mol. The van der Waals surface area contributed by atoms with Gasteiger partial charge in [-0.15, -0.1) is 0 Å². The first-order chi connectivity index (χ1) is 17.8. The van der Waals surface area contributed by atoms with Gasteiger partial charge in [-0.1, -0.05) is 49.4 Å². The number of esters is 2. The molecule has 1 saturated heterocycles. The number of nitriles is 1. The summed E-state index contributed by atoms with van der Waals surface area (Å²) in [6.07, 6.45) is 2.07. The molecule has 1 atom stereocenters. The number of carbonyl (C=O) groups is 2. The second kappa shape index (κ2) is 10.5. The van der Waals surface area contributed by atoms with Crippen molar-refractivity contribution in [3.8, 4) is 6.07 Å². The molecule has 2 aromatic carbocycles. The van der Waals surface area contributed by atoms with Gasteiger partial charge < -0.3 is 20.1 Å². The van der Waals surface area contributed by atoms with Crippen molar-refractivity contribution in [2.45, 2.75) is 31.1 Å². The Hall–Kier alpha value is -4.09. The lowest BCUT2D eigenvalue weighted by molar-refractivity contribution is -0.139. The van der Waals surface area contributed by atoms with Crippen LogP contribution in [0.15, 0.2) is 77.3 Å². The van der Waals surface area contributed by atoms with Crippen molar-refractivity contribution in [1.82, 2.24) is 4.90 Å². The standard InChI is InChI=1S/C29H32N4O4/c1-29(14-16-32(2)17-15-29)20-10-12-21(13-11-20)33-25(28(35)37-4)24(27(34)36-3)23(22(18-30)26(33)31)19-8-6-5-7-9-19/h5-13,23H,14-17,31H2,1-4H3. The van der Waals surface area contributed by atoms with Crippen LogP contribution < -0.4 is 10.6 Å². The minimum absolute atomic E-state index is 0.00217. The number of hydrogen-bond acceptors (Lipinski definition) is 8. The van der Waals surface area contributed by atoms with Gasteiger partial charge >= 0.3 is 11.9 Å². The number of ether oxygens (including phenoxy) is 2. The topological polar surface area (TPSA) is 109 Å². The smallest absolute Gasteiger partial charge is 0.355 e. The SMILES string of the molecule is COC(=O)C1=C(C(=O)OC)N(c2ccc(C3(C)CCN(C)CC3)cc2)C(N)=C(C#N)C1c1ccccc1. The number of nitrogens with zero attached hydrogens (tertiary/aromatic N) is 3. The van der Waals surface area contributed by atoms with Crippen LogP contribution in [-0.4, -0.2) is 51.2 Å². The minimum Gasteiger partial charge on any atom is -0.466 e. The first-order valence-electron chi connectivity index (χ1n) is 12.2. The summed E-state index contributed by atoms with van der Waals surface area (Å²) in [6.45, 7) is 4.30. The van der Waals surface area contributed by atoms with E-state index < -0.39 is 17.9 Å². The molecule has 2 N–H and O–H groups in total. The molecule has 8 heteroatoms. The maximum atomic E-state index is 13.2. The van der Waals surface area contributed by atoms with E-state index in [4.69, 9.17) is 15.2 Å². The number of benzene rings is 2. The molecule has 0 bridgehead atoms. The lowest BCUT2D eigenvalue weighted by Gasteiger charge is -2.39. The summed E-state index contributed by atoms with van der Waals surface area (Å²) in [7, 11) is 4.61. The highest BCUT2D eigenvalue weighted by molar-refractivity contribution is 6.06. The number of anilines is 1. The van der Waals surface area contributed by atoms with Crippen molar-refractivity contribution in [3.63, 3.8) is 0 Å². The summed E-state index contributed by atoms with van der Waals surface area (Å²) in [5.41, 5.74) is 9.04. The van der Waals surface area contributed by atoms with Gasteiger partial charge in [0, 0.05) is 5.69 Å². The first kappa shape index (κ1) is 26.0. The average Bonchev–Trinajstić information content (AvgIpc) is 2.93. The molecule has 0 radical (unpaired) electrons. The fraction of sp³-hybridized carbons (Fsp3) is 0.345. The third-order valence-electron chi connectivity index (χ3n) is 7.52. The molecule has 1 fully saturated rings. The number of allylic oxidation sites excluding steroid dienone is 1. The molecule has 0 amide bonds. The van der Waals surface area contributed by atoms with Crippen LogP contribution in [0.1, 0.15) is 36.8 Å². The molecule has 0 spiro atoms. The molecule has 37 heavy (non-hydrogen) atoms. The van der Waals surface area contributed by atoms with Crippen molar-refractivity contribution in [2.75, 3.05) is 39.3 Å². The fourth-order valence-electron chi connectivity index (χ4n) is 5.20. The normalized spacial score (nSPS) is 19.9. The molecule has 2 aliphatic rings. The van der Waals surface area contributed by atoms with E-state index in [0.29, 0.717) is 11.3 Å². The molecule has 2 aliphatic heterocycles. The van der Waals surface area contributed by atoms with E-state index in [1.165, 1.54) is 24.7 Å². The Morgan fingerprint density at radius 3 is 2.14 bits per heavy atom.